The van der Waals surface area contributed by atoms with Crippen molar-refractivity contribution in [2.75, 3.05) is 6.61 Å². The van der Waals surface area contributed by atoms with Gasteiger partial charge >= 0.3 is 0 Å². The Bertz CT molecular complexity index is 91.0. The molecule has 1 radical (unpaired) electrons. The van der Waals surface area contributed by atoms with E-state index in [0.29, 0.717) is 6.10 Å². The molecule has 0 heterocycles. The maximum absolute atomic E-state index is 5.65. The van der Waals surface area contributed by atoms with Gasteiger partial charge in [-0.2, -0.15) is 0 Å². The highest BCUT2D eigenvalue weighted by molar-refractivity contribution is 4.63. The monoisotopic (exact) mass is 171 g/mol. The van der Waals surface area contributed by atoms with Crippen LogP contribution in [0, 0.1) is 12.8 Å². The van der Waals surface area contributed by atoms with Crippen LogP contribution in [-0.2, 0) is 4.74 Å². The predicted molar refractivity (Wildman–Crippen MR) is 54.1 cm³/mol. The first-order chi connectivity index (χ1) is 5.74. The Morgan fingerprint density at radius 1 is 1.33 bits per heavy atom. The molecule has 0 rings (SSSR count). The van der Waals surface area contributed by atoms with Crippen LogP contribution in [0.15, 0.2) is 0 Å². The normalized spacial score (nSPS) is 16.0. The summed E-state index contributed by atoms with van der Waals surface area (Å²) in [6.45, 7) is 11.4. The molecule has 0 spiro atoms. The van der Waals surface area contributed by atoms with Crippen molar-refractivity contribution in [2.45, 2.75) is 52.6 Å². The van der Waals surface area contributed by atoms with Crippen LogP contribution in [0.2, 0.25) is 0 Å². The first kappa shape index (κ1) is 12.0. The van der Waals surface area contributed by atoms with E-state index in [1.54, 1.807) is 0 Å². The van der Waals surface area contributed by atoms with E-state index < -0.39 is 0 Å². The summed E-state index contributed by atoms with van der Waals surface area (Å²) in [5, 5.41) is 0. The van der Waals surface area contributed by atoms with Crippen LogP contribution in [0.1, 0.15) is 46.5 Å². The molecule has 0 bridgehead atoms. The Balaban J connectivity index is 3.51. The molecule has 0 aliphatic heterocycles. The average Bonchev–Trinajstić information content (AvgIpc) is 2.11. The molecule has 0 aromatic carbocycles. The molecule has 1 heteroatoms. The lowest BCUT2D eigenvalue weighted by Gasteiger charge is -2.18. The van der Waals surface area contributed by atoms with Crippen molar-refractivity contribution in [3.63, 3.8) is 0 Å². The standard InChI is InChI=1S/C11H23O/c1-5-8-12-11(7-3)9-10(4)6-2/h10-11H,3,5-9H2,1-2,4H3. The van der Waals surface area contributed by atoms with Gasteiger partial charge in [-0.1, -0.05) is 34.1 Å². The molecule has 73 valence electrons. The summed E-state index contributed by atoms with van der Waals surface area (Å²) in [5.74, 6) is 0.772. The third-order valence-electron chi connectivity index (χ3n) is 2.24. The van der Waals surface area contributed by atoms with Crippen molar-refractivity contribution < 1.29 is 4.74 Å². The summed E-state index contributed by atoms with van der Waals surface area (Å²) in [7, 11) is 0. The van der Waals surface area contributed by atoms with Gasteiger partial charge in [0.25, 0.3) is 0 Å². The molecule has 0 fully saturated rings. The summed E-state index contributed by atoms with van der Waals surface area (Å²) >= 11 is 0. The smallest absolute Gasteiger partial charge is 0.0577 e. The lowest BCUT2D eigenvalue weighted by atomic mass is 10.00. The van der Waals surface area contributed by atoms with Crippen LogP contribution < -0.4 is 0 Å². The molecular weight excluding hydrogens is 148 g/mol. The van der Waals surface area contributed by atoms with Crippen molar-refractivity contribution in [1.29, 1.82) is 0 Å². The molecule has 0 aromatic heterocycles. The van der Waals surface area contributed by atoms with Crippen molar-refractivity contribution in [2.24, 2.45) is 5.92 Å². The molecule has 2 unspecified atom stereocenters. The zero-order valence-electron chi connectivity index (χ0n) is 8.81. The summed E-state index contributed by atoms with van der Waals surface area (Å²) in [6.07, 6.45) is 4.81. The molecule has 2 atom stereocenters. The second-order valence-electron chi connectivity index (χ2n) is 3.53. The van der Waals surface area contributed by atoms with Gasteiger partial charge in [0.05, 0.1) is 6.10 Å². The van der Waals surface area contributed by atoms with Crippen LogP contribution in [0.4, 0.5) is 0 Å². The number of hydrogen-bond donors (Lipinski definition) is 0. The van der Waals surface area contributed by atoms with E-state index in [0.717, 1.165) is 25.4 Å². The molecule has 0 aliphatic rings. The Labute approximate surface area is 77.5 Å². The first-order valence-electron chi connectivity index (χ1n) is 5.15. The Kier molecular flexibility index (Phi) is 7.58. The number of ether oxygens (including phenoxy) is 1. The zero-order valence-corrected chi connectivity index (χ0v) is 8.81. The maximum Gasteiger partial charge on any atom is 0.0577 e. The van der Waals surface area contributed by atoms with Gasteiger partial charge < -0.3 is 4.74 Å². The molecule has 0 saturated heterocycles. The third-order valence-corrected chi connectivity index (χ3v) is 2.24. The second-order valence-corrected chi connectivity index (χ2v) is 3.53. The summed E-state index contributed by atoms with van der Waals surface area (Å²) in [4.78, 5) is 0. The van der Waals surface area contributed by atoms with Crippen LogP contribution in [0.3, 0.4) is 0 Å². The fourth-order valence-electron chi connectivity index (χ4n) is 1.17. The van der Waals surface area contributed by atoms with E-state index in [1.807, 2.05) is 0 Å². The van der Waals surface area contributed by atoms with E-state index >= 15 is 0 Å². The van der Waals surface area contributed by atoms with E-state index in [9.17, 15) is 0 Å². The van der Waals surface area contributed by atoms with E-state index in [-0.39, 0.29) is 0 Å². The molecule has 0 saturated carbocycles. The van der Waals surface area contributed by atoms with Gasteiger partial charge in [-0.25, -0.2) is 0 Å². The molecular formula is C11H23O. The lowest BCUT2D eigenvalue weighted by molar-refractivity contribution is 0.0393. The minimum Gasteiger partial charge on any atom is -0.378 e. The van der Waals surface area contributed by atoms with Crippen LogP contribution >= 0.6 is 0 Å². The minimum absolute atomic E-state index is 0.389. The molecule has 1 nitrogen and oxygen atoms in total. The van der Waals surface area contributed by atoms with Crippen LogP contribution in [-0.4, -0.2) is 12.7 Å². The molecule has 0 N–H and O–H groups in total. The first-order valence-corrected chi connectivity index (χ1v) is 5.15. The molecule has 0 amide bonds. The highest BCUT2D eigenvalue weighted by atomic mass is 16.5. The van der Waals surface area contributed by atoms with Crippen molar-refractivity contribution in [1.82, 2.24) is 0 Å². The van der Waals surface area contributed by atoms with Gasteiger partial charge in [0.15, 0.2) is 0 Å². The van der Waals surface area contributed by atoms with E-state index in [1.165, 1.54) is 12.8 Å². The zero-order chi connectivity index (χ0) is 9.40. The molecule has 0 aromatic rings. The van der Waals surface area contributed by atoms with Crippen molar-refractivity contribution in [3.05, 3.63) is 6.92 Å². The maximum atomic E-state index is 5.65. The summed E-state index contributed by atoms with van der Waals surface area (Å²) in [5.41, 5.74) is 0. The minimum atomic E-state index is 0.389. The van der Waals surface area contributed by atoms with Crippen molar-refractivity contribution >= 4 is 0 Å². The van der Waals surface area contributed by atoms with E-state index in [2.05, 4.69) is 27.7 Å². The van der Waals surface area contributed by atoms with Crippen molar-refractivity contribution in [3.8, 4) is 0 Å². The average molecular weight is 171 g/mol. The fourth-order valence-corrected chi connectivity index (χ4v) is 1.17. The highest BCUT2D eigenvalue weighted by Gasteiger charge is 2.09. The van der Waals surface area contributed by atoms with Crippen LogP contribution in [0.25, 0.3) is 0 Å². The van der Waals surface area contributed by atoms with Crippen LogP contribution in [0.5, 0.6) is 0 Å². The third kappa shape index (κ3) is 5.59. The molecule has 0 aliphatic carbocycles. The van der Waals surface area contributed by atoms with E-state index in [4.69, 9.17) is 4.74 Å². The molecule has 12 heavy (non-hydrogen) atoms. The van der Waals surface area contributed by atoms with Gasteiger partial charge in [0.2, 0.25) is 0 Å². The summed E-state index contributed by atoms with van der Waals surface area (Å²) < 4.78 is 5.65. The topological polar surface area (TPSA) is 9.23 Å². The number of hydrogen-bond acceptors (Lipinski definition) is 1. The van der Waals surface area contributed by atoms with Gasteiger partial charge in [-0.3, -0.25) is 0 Å². The van der Waals surface area contributed by atoms with Gasteiger partial charge in [-0.05, 0) is 25.2 Å². The van der Waals surface area contributed by atoms with Gasteiger partial charge in [0, 0.05) is 6.61 Å². The summed E-state index contributed by atoms with van der Waals surface area (Å²) in [6, 6.07) is 0. The fraction of sp³-hybridized carbons (Fsp3) is 0.909. The number of rotatable bonds is 7. The largest absolute Gasteiger partial charge is 0.378 e. The Morgan fingerprint density at radius 3 is 2.42 bits per heavy atom. The lowest BCUT2D eigenvalue weighted by Crippen LogP contribution is -2.15. The quantitative estimate of drug-likeness (QED) is 0.570. The predicted octanol–water partition coefficient (Wildman–Crippen LogP) is 3.44. The SMILES string of the molecule is [CH2]CC(CC(C)CC)OCCC. The van der Waals surface area contributed by atoms with Gasteiger partial charge in [-0.15, -0.1) is 0 Å². The Morgan fingerprint density at radius 2 is 2.00 bits per heavy atom. The Hall–Kier alpha value is -0.0400. The second kappa shape index (κ2) is 7.60. The highest BCUT2D eigenvalue weighted by Crippen LogP contribution is 2.14. The van der Waals surface area contributed by atoms with Gasteiger partial charge in [0.1, 0.15) is 0 Å².